The van der Waals surface area contributed by atoms with Crippen LogP contribution >= 0.6 is 15.9 Å². The Morgan fingerprint density at radius 3 is 2.58 bits per heavy atom. The van der Waals surface area contributed by atoms with Gasteiger partial charge in [0.25, 0.3) is 5.69 Å². The molecule has 0 N–H and O–H groups in total. The minimum Gasteiger partial charge on any atom is -0.298 e. The number of carbonyl (C=O) groups excluding carboxylic acids is 1. The third-order valence-corrected chi connectivity index (χ3v) is 1.94. The molecule has 0 amide bonds. The van der Waals surface area contributed by atoms with E-state index in [9.17, 15) is 14.9 Å². The molecule has 0 aliphatic heterocycles. The normalized spacial score (nSPS) is 9.42. The van der Waals surface area contributed by atoms with Crippen molar-refractivity contribution in [1.29, 1.82) is 0 Å². The van der Waals surface area contributed by atoms with Gasteiger partial charge in [0.1, 0.15) is 6.29 Å². The Morgan fingerprint density at radius 1 is 1.50 bits per heavy atom. The first-order valence-electron chi connectivity index (χ1n) is 3.04. The van der Waals surface area contributed by atoms with Gasteiger partial charge in [0.05, 0.1) is 9.40 Å². The molecule has 5 heteroatoms. The van der Waals surface area contributed by atoms with Crippen LogP contribution in [0.25, 0.3) is 0 Å². The maximum absolute atomic E-state index is 10.3. The van der Waals surface area contributed by atoms with Crippen LogP contribution in [0.3, 0.4) is 0 Å². The van der Waals surface area contributed by atoms with E-state index in [0.717, 1.165) is 0 Å². The molecule has 0 atom stereocenters. The first-order chi connectivity index (χ1) is 5.65. The van der Waals surface area contributed by atoms with Crippen molar-refractivity contribution in [3.05, 3.63) is 38.3 Å². The molecular weight excluding hydrogens is 226 g/mol. The van der Waals surface area contributed by atoms with E-state index in [1.54, 1.807) is 0 Å². The topological polar surface area (TPSA) is 60.2 Å². The fourth-order valence-electron chi connectivity index (χ4n) is 0.745. The smallest absolute Gasteiger partial charge is 0.283 e. The van der Waals surface area contributed by atoms with Gasteiger partial charge in [-0.1, -0.05) is 0 Å². The average Bonchev–Trinajstić information content (AvgIpc) is 2.03. The first-order valence-corrected chi connectivity index (χ1v) is 3.83. The predicted molar refractivity (Wildman–Crippen MR) is 46.2 cm³/mol. The Labute approximate surface area is 76.5 Å². The molecule has 1 aromatic rings. The lowest BCUT2D eigenvalue weighted by atomic mass is 10.2. The summed E-state index contributed by atoms with van der Waals surface area (Å²) in [5.41, 5.74) is 0.369. The zero-order chi connectivity index (χ0) is 9.14. The summed E-state index contributed by atoms with van der Waals surface area (Å²) in [6.45, 7) is 0. The third-order valence-electron chi connectivity index (χ3n) is 1.30. The zero-order valence-electron chi connectivity index (χ0n) is 5.86. The summed E-state index contributed by atoms with van der Waals surface area (Å²) in [7, 11) is 0. The van der Waals surface area contributed by atoms with Crippen LogP contribution in [0.5, 0.6) is 0 Å². The second-order valence-corrected chi connectivity index (χ2v) is 2.94. The van der Waals surface area contributed by atoms with E-state index < -0.39 is 4.92 Å². The quantitative estimate of drug-likeness (QED) is 0.444. The van der Waals surface area contributed by atoms with E-state index in [2.05, 4.69) is 15.9 Å². The van der Waals surface area contributed by atoms with Crippen molar-refractivity contribution in [3.8, 4) is 0 Å². The van der Waals surface area contributed by atoms with Crippen LogP contribution in [-0.4, -0.2) is 11.2 Å². The van der Waals surface area contributed by atoms with Crippen molar-refractivity contribution in [2.75, 3.05) is 0 Å². The fraction of sp³-hybridized carbons (Fsp3) is 0. The second-order valence-electron chi connectivity index (χ2n) is 2.09. The molecule has 0 saturated carbocycles. The number of nitro groups is 1. The third kappa shape index (κ3) is 1.68. The lowest BCUT2D eigenvalue weighted by Crippen LogP contribution is -1.90. The molecule has 0 heterocycles. The molecule has 1 aromatic carbocycles. The van der Waals surface area contributed by atoms with Crippen molar-refractivity contribution in [2.24, 2.45) is 0 Å². The van der Waals surface area contributed by atoms with Crippen LogP contribution in [0.1, 0.15) is 10.4 Å². The highest BCUT2D eigenvalue weighted by molar-refractivity contribution is 9.10. The molecule has 0 fully saturated rings. The number of hydrogen-bond acceptors (Lipinski definition) is 3. The van der Waals surface area contributed by atoms with E-state index in [1.165, 1.54) is 18.2 Å². The first kappa shape index (κ1) is 8.86. The van der Waals surface area contributed by atoms with E-state index in [-0.39, 0.29) is 5.69 Å². The zero-order valence-corrected chi connectivity index (χ0v) is 7.45. The summed E-state index contributed by atoms with van der Waals surface area (Å²) in [5, 5.41) is 10.3. The fourth-order valence-corrected chi connectivity index (χ4v) is 1.29. The van der Waals surface area contributed by atoms with E-state index in [4.69, 9.17) is 0 Å². The molecular formula is C7H4BrNO3. The minimum absolute atomic E-state index is 0.0411. The monoisotopic (exact) mass is 229 g/mol. The van der Waals surface area contributed by atoms with Crippen molar-refractivity contribution >= 4 is 27.9 Å². The van der Waals surface area contributed by atoms with Gasteiger partial charge in [-0.25, -0.2) is 0 Å². The Hall–Kier alpha value is -1.23. The molecule has 0 radical (unpaired) electrons. The van der Waals surface area contributed by atoms with Gasteiger partial charge >= 0.3 is 0 Å². The Morgan fingerprint density at radius 2 is 2.17 bits per heavy atom. The van der Waals surface area contributed by atoms with Crippen LogP contribution in [0.4, 0.5) is 5.69 Å². The lowest BCUT2D eigenvalue weighted by Gasteiger charge is -1.94. The van der Waals surface area contributed by atoms with E-state index in [1.807, 2.05) is 0 Å². The summed E-state index contributed by atoms with van der Waals surface area (Å²) in [6, 6.07) is 4.09. The molecule has 0 aliphatic carbocycles. The molecule has 0 saturated heterocycles. The van der Waals surface area contributed by atoms with Crippen molar-refractivity contribution in [3.63, 3.8) is 0 Å². The van der Waals surface area contributed by atoms with E-state index >= 15 is 0 Å². The number of carbonyl (C=O) groups is 1. The van der Waals surface area contributed by atoms with Crippen molar-refractivity contribution < 1.29 is 9.72 Å². The number of nitro benzene ring substituents is 1. The van der Waals surface area contributed by atoms with Gasteiger partial charge in [-0.15, -0.1) is 0 Å². The molecule has 0 bridgehead atoms. The Bertz CT molecular complexity index is 337. The summed E-state index contributed by atoms with van der Waals surface area (Å²) >= 11 is 2.99. The predicted octanol–water partition coefficient (Wildman–Crippen LogP) is 2.17. The highest BCUT2D eigenvalue weighted by Gasteiger charge is 2.10. The number of benzene rings is 1. The SMILES string of the molecule is O=Cc1ccc([N+](=O)[O-])c(Br)c1. The second kappa shape index (κ2) is 3.44. The van der Waals surface area contributed by atoms with Crippen LogP contribution in [0.15, 0.2) is 22.7 Å². The van der Waals surface area contributed by atoms with Gasteiger partial charge in [0.2, 0.25) is 0 Å². The molecule has 12 heavy (non-hydrogen) atoms. The highest BCUT2D eigenvalue weighted by Crippen LogP contribution is 2.24. The molecule has 0 aromatic heterocycles. The molecule has 0 spiro atoms. The molecule has 0 unspecified atom stereocenters. The van der Waals surface area contributed by atoms with Crippen molar-refractivity contribution in [1.82, 2.24) is 0 Å². The average molecular weight is 230 g/mol. The van der Waals surface area contributed by atoms with Gasteiger partial charge in [0, 0.05) is 11.6 Å². The number of hydrogen-bond donors (Lipinski definition) is 0. The maximum Gasteiger partial charge on any atom is 0.283 e. The van der Waals surface area contributed by atoms with Gasteiger partial charge in [-0.05, 0) is 28.1 Å². The number of aldehydes is 1. The minimum atomic E-state index is -0.515. The summed E-state index contributed by atoms with van der Waals surface area (Å²) < 4.78 is 0.317. The standard InChI is InChI=1S/C7H4BrNO3/c8-6-3-5(4-10)1-2-7(6)9(11)12/h1-4H. The van der Waals surface area contributed by atoms with Crippen LogP contribution in [0.2, 0.25) is 0 Å². The Balaban J connectivity index is 3.20. The van der Waals surface area contributed by atoms with Crippen LogP contribution in [-0.2, 0) is 0 Å². The molecule has 0 aliphatic rings. The highest BCUT2D eigenvalue weighted by atomic mass is 79.9. The number of rotatable bonds is 2. The van der Waals surface area contributed by atoms with Crippen LogP contribution < -0.4 is 0 Å². The Kier molecular flexibility index (Phi) is 2.54. The van der Waals surface area contributed by atoms with Crippen LogP contribution in [0, 0.1) is 10.1 Å². The van der Waals surface area contributed by atoms with Crippen molar-refractivity contribution in [2.45, 2.75) is 0 Å². The van der Waals surface area contributed by atoms with Gasteiger partial charge in [-0.2, -0.15) is 0 Å². The van der Waals surface area contributed by atoms with Gasteiger partial charge in [0.15, 0.2) is 0 Å². The maximum atomic E-state index is 10.3. The number of halogens is 1. The lowest BCUT2D eigenvalue weighted by molar-refractivity contribution is -0.385. The molecule has 62 valence electrons. The van der Waals surface area contributed by atoms with E-state index in [0.29, 0.717) is 16.3 Å². The summed E-state index contributed by atoms with van der Waals surface area (Å²) in [5.74, 6) is 0. The summed E-state index contributed by atoms with van der Waals surface area (Å²) in [6.07, 6.45) is 0.633. The molecule has 1 rings (SSSR count). The van der Waals surface area contributed by atoms with Gasteiger partial charge in [-0.3, -0.25) is 14.9 Å². The summed E-state index contributed by atoms with van der Waals surface area (Å²) in [4.78, 5) is 20.0. The van der Waals surface area contributed by atoms with Gasteiger partial charge < -0.3 is 0 Å². The number of nitrogens with zero attached hydrogens (tertiary/aromatic N) is 1. The largest absolute Gasteiger partial charge is 0.298 e. The molecule has 4 nitrogen and oxygen atoms in total.